The first-order chi connectivity index (χ1) is 10.7. The lowest BCUT2D eigenvalue weighted by atomic mass is 10.1. The van der Waals surface area contributed by atoms with E-state index in [1.807, 2.05) is 0 Å². The number of rotatable bonds is 2. The van der Waals surface area contributed by atoms with Crippen LogP contribution in [0.15, 0.2) is 6.07 Å². The van der Waals surface area contributed by atoms with Crippen molar-refractivity contribution in [1.82, 2.24) is 20.4 Å². The van der Waals surface area contributed by atoms with Gasteiger partial charge in [-0.05, 0) is 18.9 Å². The molecule has 23 heavy (non-hydrogen) atoms. The Morgan fingerprint density at radius 3 is 2.39 bits per heavy atom. The molecule has 0 bridgehead atoms. The molecule has 0 saturated carbocycles. The molecule has 0 aliphatic carbocycles. The fourth-order valence-corrected chi connectivity index (χ4v) is 2.36. The van der Waals surface area contributed by atoms with Crippen LogP contribution in [0.4, 0.5) is 18.0 Å². The van der Waals surface area contributed by atoms with Crippen molar-refractivity contribution in [2.45, 2.75) is 25.1 Å². The fraction of sp³-hybridized carbons (Fsp3) is 0.500. The standard InChI is InChI=1S/C12H12ClF3N4O3/c13-7-5-8(12(14,15)16)18-19-9(7)10(21)17-6-1-3-20(4-2-6)11(22)23/h5-6H,1-4H2,(H,17,21)(H,22,23). The fourth-order valence-electron chi connectivity index (χ4n) is 2.13. The van der Waals surface area contributed by atoms with Crippen molar-refractivity contribution in [3.8, 4) is 0 Å². The van der Waals surface area contributed by atoms with Gasteiger partial charge in [0.25, 0.3) is 5.91 Å². The number of alkyl halides is 3. The molecule has 0 radical (unpaired) electrons. The van der Waals surface area contributed by atoms with E-state index in [9.17, 15) is 22.8 Å². The van der Waals surface area contributed by atoms with Crippen molar-refractivity contribution in [2.24, 2.45) is 0 Å². The lowest BCUT2D eigenvalue weighted by molar-refractivity contribution is -0.141. The Bertz CT molecular complexity index is 618. The van der Waals surface area contributed by atoms with Crippen LogP contribution in [0, 0.1) is 0 Å². The second kappa shape index (κ2) is 6.57. The van der Waals surface area contributed by atoms with Crippen LogP contribution in [0.3, 0.4) is 0 Å². The lowest BCUT2D eigenvalue weighted by Crippen LogP contribution is -2.46. The molecule has 2 heterocycles. The summed E-state index contributed by atoms with van der Waals surface area (Å²) in [5.74, 6) is -0.745. The highest BCUT2D eigenvalue weighted by molar-refractivity contribution is 6.33. The largest absolute Gasteiger partial charge is 0.465 e. The monoisotopic (exact) mass is 352 g/mol. The molecule has 126 valence electrons. The van der Waals surface area contributed by atoms with Crippen molar-refractivity contribution in [3.63, 3.8) is 0 Å². The molecular formula is C12H12ClF3N4O3. The zero-order valence-electron chi connectivity index (χ0n) is 11.6. The van der Waals surface area contributed by atoms with Gasteiger partial charge in [-0.15, -0.1) is 10.2 Å². The van der Waals surface area contributed by atoms with Gasteiger partial charge in [0.05, 0.1) is 5.02 Å². The average Bonchev–Trinajstić information content (AvgIpc) is 2.46. The molecule has 11 heteroatoms. The molecule has 1 aliphatic heterocycles. The third-order valence-corrected chi connectivity index (χ3v) is 3.64. The number of carboxylic acid groups (broad SMARTS) is 1. The maximum atomic E-state index is 12.5. The van der Waals surface area contributed by atoms with Crippen LogP contribution in [-0.2, 0) is 6.18 Å². The molecule has 0 atom stereocenters. The van der Waals surface area contributed by atoms with Gasteiger partial charge in [-0.25, -0.2) is 4.79 Å². The molecule has 1 aromatic rings. The Morgan fingerprint density at radius 2 is 1.91 bits per heavy atom. The Morgan fingerprint density at radius 1 is 1.30 bits per heavy atom. The van der Waals surface area contributed by atoms with Crippen LogP contribution < -0.4 is 5.32 Å². The van der Waals surface area contributed by atoms with E-state index in [2.05, 4.69) is 15.5 Å². The summed E-state index contributed by atoms with van der Waals surface area (Å²) in [5, 5.41) is 17.1. The molecule has 0 unspecified atom stereocenters. The maximum Gasteiger partial charge on any atom is 0.435 e. The molecule has 2 rings (SSSR count). The van der Waals surface area contributed by atoms with Crippen molar-refractivity contribution in [3.05, 3.63) is 22.5 Å². The van der Waals surface area contributed by atoms with Gasteiger partial charge >= 0.3 is 12.3 Å². The predicted molar refractivity (Wildman–Crippen MR) is 72.1 cm³/mol. The van der Waals surface area contributed by atoms with E-state index in [-0.39, 0.29) is 19.1 Å². The minimum absolute atomic E-state index is 0.257. The number of hydrogen-bond donors (Lipinski definition) is 2. The van der Waals surface area contributed by atoms with Crippen LogP contribution in [0.1, 0.15) is 29.0 Å². The van der Waals surface area contributed by atoms with E-state index in [0.717, 1.165) is 0 Å². The van der Waals surface area contributed by atoms with Gasteiger partial charge in [0.1, 0.15) is 0 Å². The Balaban J connectivity index is 2.00. The molecule has 1 aromatic heterocycles. The van der Waals surface area contributed by atoms with Crippen molar-refractivity contribution >= 4 is 23.6 Å². The minimum atomic E-state index is -4.70. The van der Waals surface area contributed by atoms with E-state index in [1.165, 1.54) is 4.90 Å². The second-order valence-electron chi connectivity index (χ2n) is 4.94. The summed E-state index contributed by atoms with van der Waals surface area (Å²) in [6.45, 7) is 0.513. The third kappa shape index (κ3) is 4.21. The van der Waals surface area contributed by atoms with Gasteiger partial charge in [0.2, 0.25) is 0 Å². The zero-order chi connectivity index (χ0) is 17.2. The number of nitrogens with one attached hydrogen (secondary N) is 1. The van der Waals surface area contributed by atoms with Crippen LogP contribution in [0.5, 0.6) is 0 Å². The SMILES string of the molecule is O=C(NC1CCN(C(=O)O)CC1)c1nnc(C(F)(F)F)cc1Cl. The number of piperidine rings is 1. The van der Waals surface area contributed by atoms with Gasteiger partial charge in [0.15, 0.2) is 11.4 Å². The molecule has 1 saturated heterocycles. The van der Waals surface area contributed by atoms with Crippen molar-refractivity contribution in [2.75, 3.05) is 13.1 Å². The van der Waals surface area contributed by atoms with Crippen LogP contribution in [0.25, 0.3) is 0 Å². The van der Waals surface area contributed by atoms with Gasteiger partial charge in [-0.3, -0.25) is 4.79 Å². The predicted octanol–water partition coefficient (Wildman–Crippen LogP) is 2.02. The Kier molecular flexibility index (Phi) is 4.93. The van der Waals surface area contributed by atoms with Crippen LogP contribution >= 0.6 is 11.6 Å². The normalized spacial score (nSPS) is 16.3. The molecular weight excluding hydrogens is 341 g/mol. The number of nitrogens with zero attached hydrogens (tertiary/aromatic N) is 3. The minimum Gasteiger partial charge on any atom is -0.465 e. The summed E-state index contributed by atoms with van der Waals surface area (Å²) in [5.41, 5.74) is -1.69. The molecule has 0 spiro atoms. The Hall–Kier alpha value is -2.10. The van der Waals surface area contributed by atoms with Gasteiger partial charge in [-0.2, -0.15) is 13.2 Å². The van der Waals surface area contributed by atoms with Crippen molar-refractivity contribution < 1.29 is 27.9 Å². The maximum absolute atomic E-state index is 12.5. The summed E-state index contributed by atoms with van der Waals surface area (Å²) < 4.78 is 37.4. The number of carbonyl (C=O) groups is 2. The average molecular weight is 353 g/mol. The number of halogens is 4. The number of amides is 2. The van der Waals surface area contributed by atoms with E-state index in [1.54, 1.807) is 0 Å². The summed E-state index contributed by atoms with van der Waals surface area (Å²) in [6, 6.07) is 0.231. The molecule has 2 N–H and O–H groups in total. The highest BCUT2D eigenvalue weighted by atomic mass is 35.5. The van der Waals surface area contributed by atoms with Gasteiger partial charge < -0.3 is 15.3 Å². The third-order valence-electron chi connectivity index (χ3n) is 3.35. The van der Waals surface area contributed by atoms with Gasteiger partial charge in [0, 0.05) is 19.1 Å². The Labute approximate surface area is 133 Å². The van der Waals surface area contributed by atoms with E-state index in [0.29, 0.717) is 18.9 Å². The summed E-state index contributed by atoms with van der Waals surface area (Å²) in [6.07, 6.45) is -4.95. The quantitative estimate of drug-likeness (QED) is 0.849. The van der Waals surface area contributed by atoms with E-state index >= 15 is 0 Å². The number of likely N-dealkylation sites (tertiary alicyclic amines) is 1. The van der Waals surface area contributed by atoms with Crippen molar-refractivity contribution in [1.29, 1.82) is 0 Å². The first kappa shape index (κ1) is 17.3. The van der Waals surface area contributed by atoms with E-state index in [4.69, 9.17) is 16.7 Å². The summed E-state index contributed by atoms with van der Waals surface area (Å²) in [7, 11) is 0. The molecule has 0 aromatic carbocycles. The topological polar surface area (TPSA) is 95.4 Å². The molecule has 7 nitrogen and oxygen atoms in total. The molecule has 1 fully saturated rings. The second-order valence-corrected chi connectivity index (χ2v) is 5.35. The number of hydrogen-bond acceptors (Lipinski definition) is 4. The summed E-state index contributed by atoms with van der Waals surface area (Å²) >= 11 is 5.66. The summed E-state index contributed by atoms with van der Waals surface area (Å²) in [4.78, 5) is 24.0. The highest BCUT2D eigenvalue weighted by Gasteiger charge is 2.34. The van der Waals surface area contributed by atoms with Gasteiger partial charge in [-0.1, -0.05) is 11.6 Å². The number of aromatic nitrogens is 2. The molecule has 1 aliphatic rings. The molecule has 2 amide bonds. The first-order valence-electron chi connectivity index (χ1n) is 6.57. The van der Waals surface area contributed by atoms with E-state index < -0.39 is 34.6 Å². The van der Waals surface area contributed by atoms with Crippen LogP contribution in [-0.4, -0.2) is 51.3 Å². The number of carbonyl (C=O) groups excluding carboxylic acids is 1. The first-order valence-corrected chi connectivity index (χ1v) is 6.95. The lowest BCUT2D eigenvalue weighted by Gasteiger charge is -2.30. The highest BCUT2D eigenvalue weighted by Crippen LogP contribution is 2.29. The smallest absolute Gasteiger partial charge is 0.435 e. The zero-order valence-corrected chi connectivity index (χ0v) is 12.4. The van der Waals surface area contributed by atoms with Crippen LogP contribution in [0.2, 0.25) is 5.02 Å².